The number of nitrogens with zero attached hydrogens (tertiary/aromatic N) is 1. The minimum absolute atomic E-state index is 0.190. The molecule has 0 fully saturated rings. The third-order valence-corrected chi connectivity index (χ3v) is 2.68. The van der Waals surface area contributed by atoms with Crippen molar-refractivity contribution in [3.05, 3.63) is 29.7 Å². The summed E-state index contributed by atoms with van der Waals surface area (Å²) < 4.78 is 10.6. The molecule has 100 valence electrons. The monoisotopic (exact) mass is 262 g/mol. The molecule has 3 N–H and O–H groups in total. The molecule has 1 aromatic carbocycles. The standard InChI is InChI=1S/C13H14N2O4/c1-7-10(6-12(16)17)19-13(15-7)8-3-4-9(14)11(5-8)18-2/h3-5H,6,14H2,1-2H3,(H,16,17). The fraction of sp³-hybridized carbons (Fsp3) is 0.231. The van der Waals surface area contributed by atoms with Crippen molar-refractivity contribution in [1.82, 2.24) is 4.98 Å². The Morgan fingerprint density at radius 1 is 1.53 bits per heavy atom. The molecular formula is C13H14N2O4. The molecule has 1 heterocycles. The van der Waals surface area contributed by atoms with Crippen LogP contribution < -0.4 is 10.5 Å². The number of anilines is 1. The second-order valence-corrected chi connectivity index (χ2v) is 4.05. The van der Waals surface area contributed by atoms with Crippen LogP contribution in [0.25, 0.3) is 11.5 Å². The normalized spacial score (nSPS) is 10.4. The molecule has 0 aliphatic heterocycles. The van der Waals surface area contributed by atoms with Gasteiger partial charge in [0.2, 0.25) is 5.89 Å². The van der Waals surface area contributed by atoms with Gasteiger partial charge < -0.3 is 20.0 Å². The lowest BCUT2D eigenvalue weighted by Crippen LogP contribution is -1.99. The van der Waals surface area contributed by atoms with E-state index in [4.69, 9.17) is 20.0 Å². The number of oxazole rings is 1. The van der Waals surface area contributed by atoms with Crippen LogP contribution in [0, 0.1) is 6.92 Å². The second-order valence-electron chi connectivity index (χ2n) is 4.05. The highest BCUT2D eigenvalue weighted by Gasteiger charge is 2.15. The van der Waals surface area contributed by atoms with E-state index < -0.39 is 5.97 Å². The number of nitrogen functional groups attached to an aromatic ring is 1. The van der Waals surface area contributed by atoms with E-state index in [1.165, 1.54) is 7.11 Å². The molecular weight excluding hydrogens is 248 g/mol. The van der Waals surface area contributed by atoms with Crippen molar-refractivity contribution >= 4 is 11.7 Å². The highest BCUT2D eigenvalue weighted by molar-refractivity contribution is 5.70. The maximum atomic E-state index is 10.7. The van der Waals surface area contributed by atoms with Crippen molar-refractivity contribution in [1.29, 1.82) is 0 Å². The van der Waals surface area contributed by atoms with Gasteiger partial charge in [-0.3, -0.25) is 4.79 Å². The summed E-state index contributed by atoms with van der Waals surface area (Å²) in [4.78, 5) is 14.9. The number of methoxy groups -OCH3 is 1. The van der Waals surface area contributed by atoms with Crippen LogP contribution >= 0.6 is 0 Å². The summed E-state index contributed by atoms with van der Waals surface area (Å²) in [7, 11) is 1.52. The number of carboxylic acids is 1. The van der Waals surface area contributed by atoms with Gasteiger partial charge in [0.05, 0.1) is 18.5 Å². The zero-order valence-corrected chi connectivity index (χ0v) is 10.6. The zero-order valence-electron chi connectivity index (χ0n) is 10.6. The third-order valence-electron chi connectivity index (χ3n) is 2.68. The van der Waals surface area contributed by atoms with Crippen molar-refractivity contribution in [2.24, 2.45) is 0 Å². The van der Waals surface area contributed by atoms with Crippen molar-refractivity contribution in [2.75, 3.05) is 12.8 Å². The molecule has 6 heteroatoms. The SMILES string of the molecule is COc1cc(-c2nc(C)c(CC(=O)O)o2)ccc1N. The quantitative estimate of drug-likeness (QED) is 0.816. The van der Waals surface area contributed by atoms with Gasteiger partial charge in [0.15, 0.2) is 0 Å². The van der Waals surface area contributed by atoms with Gasteiger partial charge in [0.1, 0.15) is 17.9 Å². The minimum Gasteiger partial charge on any atom is -0.495 e. The van der Waals surface area contributed by atoms with E-state index >= 15 is 0 Å². The van der Waals surface area contributed by atoms with Crippen LogP contribution in [0.1, 0.15) is 11.5 Å². The molecule has 1 aromatic heterocycles. The number of aromatic nitrogens is 1. The summed E-state index contributed by atoms with van der Waals surface area (Å²) in [6, 6.07) is 5.13. The van der Waals surface area contributed by atoms with Crippen molar-refractivity contribution in [3.8, 4) is 17.2 Å². The molecule has 0 spiro atoms. The lowest BCUT2D eigenvalue weighted by atomic mass is 10.2. The Balaban J connectivity index is 2.39. The van der Waals surface area contributed by atoms with Gasteiger partial charge >= 0.3 is 5.97 Å². The van der Waals surface area contributed by atoms with E-state index in [9.17, 15) is 4.79 Å². The molecule has 0 unspecified atom stereocenters. The van der Waals surface area contributed by atoms with Crippen molar-refractivity contribution in [3.63, 3.8) is 0 Å². The van der Waals surface area contributed by atoms with Crippen molar-refractivity contribution < 1.29 is 19.1 Å². The van der Waals surface area contributed by atoms with Crippen LogP contribution in [0.4, 0.5) is 5.69 Å². The highest BCUT2D eigenvalue weighted by atomic mass is 16.5. The molecule has 0 aliphatic carbocycles. The van der Waals surface area contributed by atoms with Crippen LogP contribution in [0.5, 0.6) is 5.75 Å². The molecule has 0 amide bonds. The molecule has 0 radical (unpaired) electrons. The molecule has 0 atom stereocenters. The smallest absolute Gasteiger partial charge is 0.311 e. The lowest BCUT2D eigenvalue weighted by Gasteiger charge is -2.04. The largest absolute Gasteiger partial charge is 0.495 e. The predicted molar refractivity (Wildman–Crippen MR) is 69.0 cm³/mol. The van der Waals surface area contributed by atoms with E-state index in [2.05, 4.69) is 4.98 Å². The molecule has 2 rings (SSSR count). The first-order chi connectivity index (χ1) is 9.01. The Morgan fingerprint density at radius 2 is 2.26 bits per heavy atom. The number of aryl methyl sites for hydroxylation is 1. The molecule has 6 nitrogen and oxygen atoms in total. The topological polar surface area (TPSA) is 98.6 Å². The minimum atomic E-state index is -0.958. The molecule has 0 bridgehead atoms. The highest BCUT2D eigenvalue weighted by Crippen LogP contribution is 2.29. The van der Waals surface area contributed by atoms with Gasteiger partial charge in [-0.2, -0.15) is 0 Å². The van der Waals surface area contributed by atoms with E-state index in [1.807, 2.05) is 0 Å². The molecule has 0 aliphatic rings. The summed E-state index contributed by atoms with van der Waals surface area (Å²) in [6.45, 7) is 1.71. The first-order valence-corrected chi connectivity index (χ1v) is 5.63. The summed E-state index contributed by atoms with van der Waals surface area (Å²) in [5.41, 5.74) is 7.49. The molecule has 0 saturated carbocycles. The Morgan fingerprint density at radius 3 is 2.89 bits per heavy atom. The van der Waals surface area contributed by atoms with Crippen LogP contribution in [-0.2, 0) is 11.2 Å². The number of ether oxygens (including phenoxy) is 1. The van der Waals surface area contributed by atoms with Crippen molar-refractivity contribution in [2.45, 2.75) is 13.3 Å². The fourth-order valence-electron chi connectivity index (χ4n) is 1.70. The summed E-state index contributed by atoms with van der Waals surface area (Å²) >= 11 is 0. The number of rotatable bonds is 4. The van der Waals surface area contributed by atoms with Gasteiger partial charge in [-0.05, 0) is 25.1 Å². The van der Waals surface area contributed by atoms with Gasteiger partial charge in [0, 0.05) is 5.56 Å². The number of hydrogen-bond donors (Lipinski definition) is 2. The van der Waals surface area contributed by atoms with Gasteiger partial charge in [-0.25, -0.2) is 4.98 Å². The third kappa shape index (κ3) is 2.67. The maximum Gasteiger partial charge on any atom is 0.311 e. The fourth-order valence-corrected chi connectivity index (χ4v) is 1.70. The molecule has 19 heavy (non-hydrogen) atoms. The van der Waals surface area contributed by atoms with Gasteiger partial charge in [0.25, 0.3) is 0 Å². The zero-order chi connectivity index (χ0) is 14.0. The second kappa shape index (κ2) is 5.01. The Kier molecular flexibility index (Phi) is 3.41. The number of benzene rings is 1. The number of carboxylic acid groups (broad SMARTS) is 1. The first kappa shape index (κ1) is 12.9. The number of aliphatic carboxylic acids is 1. The Labute approximate surface area is 109 Å². The van der Waals surface area contributed by atoms with Gasteiger partial charge in [-0.1, -0.05) is 0 Å². The number of nitrogens with two attached hydrogens (primary N) is 1. The molecule has 2 aromatic rings. The van der Waals surface area contributed by atoms with E-state index in [0.717, 1.165) is 0 Å². The predicted octanol–water partition coefficient (Wildman–Crippen LogP) is 1.87. The van der Waals surface area contributed by atoms with Crippen LogP contribution in [0.3, 0.4) is 0 Å². The summed E-state index contributed by atoms with van der Waals surface area (Å²) in [6.07, 6.45) is -0.190. The summed E-state index contributed by atoms with van der Waals surface area (Å²) in [5.74, 6) is 0.263. The van der Waals surface area contributed by atoms with E-state index in [-0.39, 0.29) is 6.42 Å². The average Bonchev–Trinajstić information content (AvgIpc) is 2.71. The molecule has 0 saturated heterocycles. The summed E-state index contributed by atoms with van der Waals surface area (Å²) in [5, 5.41) is 8.77. The van der Waals surface area contributed by atoms with Crippen LogP contribution in [0.15, 0.2) is 22.6 Å². The Hall–Kier alpha value is -2.50. The number of hydrogen-bond acceptors (Lipinski definition) is 5. The first-order valence-electron chi connectivity index (χ1n) is 5.63. The number of carbonyl (C=O) groups is 1. The lowest BCUT2D eigenvalue weighted by molar-refractivity contribution is -0.136. The van der Waals surface area contributed by atoms with E-state index in [1.54, 1.807) is 25.1 Å². The van der Waals surface area contributed by atoms with Crippen LogP contribution in [0.2, 0.25) is 0 Å². The van der Waals surface area contributed by atoms with E-state index in [0.29, 0.717) is 34.3 Å². The Bertz CT molecular complexity index is 619. The maximum absolute atomic E-state index is 10.7. The van der Waals surface area contributed by atoms with Gasteiger partial charge in [-0.15, -0.1) is 0 Å². The average molecular weight is 262 g/mol. The van der Waals surface area contributed by atoms with Crippen LogP contribution in [-0.4, -0.2) is 23.2 Å².